The van der Waals surface area contributed by atoms with Crippen molar-refractivity contribution >= 4 is 17.5 Å². The van der Waals surface area contributed by atoms with Crippen molar-refractivity contribution in [3.05, 3.63) is 41.1 Å². The highest BCUT2D eigenvalue weighted by atomic mass is 16.5. The summed E-state index contributed by atoms with van der Waals surface area (Å²) >= 11 is 0. The van der Waals surface area contributed by atoms with Crippen molar-refractivity contribution in [2.45, 2.75) is 39.7 Å². The smallest absolute Gasteiger partial charge is 0.264 e. The fourth-order valence-corrected chi connectivity index (χ4v) is 3.53. The molecule has 0 unspecified atom stereocenters. The molecule has 0 atom stereocenters. The van der Waals surface area contributed by atoms with Crippen LogP contribution >= 0.6 is 0 Å². The van der Waals surface area contributed by atoms with Crippen LogP contribution in [0.2, 0.25) is 0 Å². The molecule has 148 valence electrons. The van der Waals surface area contributed by atoms with E-state index in [9.17, 15) is 9.59 Å². The molecule has 0 N–H and O–H groups in total. The number of hydrogen-bond acceptors (Lipinski definition) is 5. The molecule has 7 heteroatoms. The molecular weight excluding hydrogens is 358 g/mol. The first-order valence-corrected chi connectivity index (χ1v) is 9.72. The predicted molar refractivity (Wildman–Crippen MR) is 103 cm³/mol. The van der Waals surface area contributed by atoms with Gasteiger partial charge in [0.1, 0.15) is 17.2 Å². The van der Waals surface area contributed by atoms with Crippen molar-refractivity contribution in [3.8, 4) is 5.75 Å². The summed E-state index contributed by atoms with van der Waals surface area (Å²) in [6.45, 7) is 5.42. The lowest BCUT2D eigenvalue weighted by Gasteiger charge is -2.28. The van der Waals surface area contributed by atoms with Crippen LogP contribution in [0.1, 0.15) is 48.0 Å². The van der Waals surface area contributed by atoms with E-state index >= 15 is 0 Å². The zero-order valence-electron chi connectivity index (χ0n) is 16.5. The molecular formula is C21H25N3O4. The van der Waals surface area contributed by atoms with Crippen LogP contribution in [0, 0.1) is 5.92 Å². The molecule has 0 aliphatic carbocycles. The molecule has 0 radical (unpaired) electrons. The topological polar surface area (TPSA) is 75.9 Å². The van der Waals surface area contributed by atoms with Crippen LogP contribution in [0.15, 0.2) is 22.6 Å². The maximum absolute atomic E-state index is 13.0. The molecule has 0 bridgehead atoms. The highest BCUT2D eigenvalue weighted by Gasteiger charge is 2.28. The van der Waals surface area contributed by atoms with Crippen LogP contribution < -0.4 is 9.64 Å². The van der Waals surface area contributed by atoms with Gasteiger partial charge in [-0.2, -0.15) is 0 Å². The van der Waals surface area contributed by atoms with E-state index in [1.165, 1.54) is 4.90 Å². The number of rotatable bonds is 4. The molecule has 1 aromatic carbocycles. The predicted octanol–water partition coefficient (Wildman–Crippen LogP) is 2.82. The van der Waals surface area contributed by atoms with Crippen LogP contribution in [0.5, 0.6) is 5.75 Å². The second-order valence-corrected chi connectivity index (χ2v) is 7.81. The molecule has 7 nitrogen and oxygen atoms in total. The van der Waals surface area contributed by atoms with Gasteiger partial charge in [-0.15, -0.1) is 0 Å². The number of aryl methyl sites for hydroxylation is 1. The number of carbonyl (C=O) groups excluding carboxylic acids is 2. The number of oxazole rings is 1. The van der Waals surface area contributed by atoms with E-state index in [4.69, 9.17) is 9.15 Å². The number of anilines is 1. The Balaban J connectivity index is 1.50. The third kappa shape index (κ3) is 3.48. The Morgan fingerprint density at radius 3 is 2.93 bits per heavy atom. The first kappa shape index (κ1) is 18.5. The lowest BCUT2D eigenvalue weighted by atomic mass is 10.1. The molecule has 1 aromatic heterocycles. The molecule has 2 amide bonds. The summed E-state index contributed by atoms with van der Waals surface area (Å²) < 4.78 is 11.3. The normalized spacial score (nSPS) is 16.1. The molecule has 0 saturated carbocycles. The minimum Gasteiger partial charge on any atom is -0.482 e. The molecule has 0 fully saturated rings. The summed E-state index contributed by atoms with van der Waals surface area (Å²) in [5.41, 5.74) is 2.01. The van der Waals surface area contributed by atoms with Gasteiger partial charge in [-0.3, -0.25) is 9.59 Å². The number of amides is 2. The van der Waals surface area contributed by atoms with Crippen molar-refractivity contribution < 1.29 is 18.7 Å². The lowest BCUT2D eigenvalue weighted by molar-refractivity contribution is -0.120. The van der Waals surface area contributed by atoms with Gasteiger partial charge in [0.05, 0.1) is 12.2 Å². The highest BCUT2D eigenvalue weighted by molar-refractivity contribution is 6.01. The number of hydrogen-bond donors (Lipinski definition) is 0. The van der Waals surface area contributed by atoms with Gasteiger partial charge < -0.3 is 19.0 Å². The molecule has 3 heterocycles. The SMILES string of the molecule is CC(C)CCc1nc2c(o1)CCN(C(=O)c1ccc3c(c1)N(C)C(=O)CO3)C2. The molecule has 2 aliphatic rings. The minimum absolute atomic E-state index is 0.0248. The number of carbonyl (C=O) groups is 2. The van der Waals surface area contributed by atoms with E-state index in [1.807, 2.05) is 0 Å². The summed E-state index contributed by atoms with van der Waals surface area (Å²) in [5, 5.41) is 0. The molecule has 0 saturated heterocycles. The lowest BCUT2D eigenvalue weighted by Crippen LogP contribution is -2.37. The number of likely N-dealkylation sites (N-methyl/N-ethyl adjacent to an activating group) is 1. The quantitative estimate of drug-likeness (QED) is 0.811. The second kappa shape index (κ2) is 7.30. The molecule has 28 heavy (non-hydrogen) atoms. The van der Waals surface area contributed by atoms with Crippen molar-refractivity contribution in [1.82, 2.24) is 9.88 Å². The van der Waals surface area contributed by atoms with E-state index in [-0.39, 0.29) is 18.4 Å². The molecule has 2 aromatic rings. The largest absolute Gasteiger partial charge is 0.482 e. The standard InChI is InChI=1S/C21H25N3O4/c1-13(2)4-7-19-22-15-11-24(9-8-17(15)28-19)21(26)14-5-6-18-16(10-14)23(3)20(25)12-27-18/h5-6,10,13H,4,7-9,11-12H2,1-3H3. The van der Waals surface area contributed by atoms with Crippen LogP contribution in [0.4, 0.5) is 5.69 Å². The Labute approximate surface area is 164 Å². The number of benzene rings is 1. The van der Waals surface area contributed by atoms with Crippen molar-refractivity contribution in [2.75, 3.05) is 25.1 Å². The van der Waals surface area contributed by atoms with Gasteiger partial charge in [0.25, 0.3) is 11.8 Å². The van der Waals surface area contributed by atoms with E-state index in [0.717, 1.165) is 30.2 Å². The first-order valence-electron chi connectivity index (χ1n) is 9.72. The summed E-state index contributed by atoms with van der Waals surface area (Å²) in [7, 11) is 1.69. The average molecular weight is 383 g/mol. The zero-order chi connectivity index (χ0) is 19.8. The average Bonchev–Trinajstić information content (AvgIpc) is 3.10. The van der Waals surface area contributed by atoms with Crippen LogP contribution in [-0.2, 0) is 24.2 Å². The number of fused-ring (bicyclic) bond motifs is 2. The van der Waals surface area contributed by atoms with Gasteiger partial charge in [0.2, 0.25) is 0 Å². The summed E-state index contributed by atoms with van der Waals surface area (Å²) in [6.07, 6.45) is 2.53. The fourth-order valence-electron chi connectivity index (χ4n) is 3.53. The Kier molecular flexibility index (Phi) is 4.83. The summed E-state index contributed by atoms with van der Waals surface area (Å²) in [5.74, 6) is 2.67. The van der Waals surface area contributed by atoms with E-state index < -0.39 is 0 Å². The van der Waals surface area contributed by atoms with Gasteiger partial charge in [-0.1, -0.05) is 13.8 Å². The monoisotopic (exact) mass is 383 g/mol. The van der Waals surface area contributed by atoms with Crippen molar-refractivity contribution in [3.63, 3.8) is 0 Å². The Hall–Kier alpha value is -2.83. The molecule has 4 rings (SSSR count). The molecule has 2 aliphatic heterocycles. The van der Waals surface area contributed by atoms with E-state index in [2.05, 4.69) is 18.8 Å². The van der Waals surface area contributed by atoms with E-state index in [1.54, 1.807) is 30.1 Å². The van der Waals surface area contributed by atoms with Crippen LogP contribution in [0.25, 0.3) is 0 Å². The van der Waals surface area contributed by atoms with Gasteiger partial charge in [-0.25, -0.2) is 4.98 Å². The number of nitrogens with zero attached hydrogens (tertiary/aromatic N) is 3. The van der Waals surface area contributed by atoms with Crippen molar-refractivity contribution in [2.24, 2.45) is 5.92 Å². The minimum atomic E-state index is -0.128. The van der Waals surface area contributed by atoms with Gasteiger partial charge in [0, 0.05) is 32.0 Å². The Morgan fingerprint density at radius 1 is 1.32 bits per heavy atom. The van der Waals surface area contributed by atoms with Crippen LogP contribution in [0.3, 0.4) is 0 Å². The summed E-state index contributed by atoms with van der Waals surface area (Å²) in [6, 6.07) is 5.22. The molecule has 0 spiro atoms. The number of aromatic nitrogens is 1. The van der Waals surface area contributed by atoms with Crippen LogP contribution in [-0.4, -0.2) is 41.9 Å². The van der Waals surface area contributed by atoms with E-state index in [0.29, 0.717) is 42.4 Å². The van der Waals surface area contributed by atoms with Crippen molar-refractivity contribution in [1.29, 1.82) is 0 Å². The first-order chi connectivity index (χ1) is 13.4. The number of ether oxygens (including phenoxy) is 1. The fraction of sp³-hybridized carbons (Fsp3) is 0.476. The Bertz CT molecular complexity index is 918. The zero-order valence-corrected chi connectivity index (χ0v) is 16.5. The Morgan fingerprint density at radius 2 is 2.14 bits per heavy atom. The maximum Gasteiger partial charge on any atom is 0.264 e. The maximum atomic E-state index is 13.0. The second-order valence-electron chi connectivity index (χ2n) is 7.81. The highest BCUT2D eigenvalue weighted by Crippen LogP contribution is 2.33. The van der Waals surface area contributed by atoms with Gasteiger partial charge in [-0.05, 0) is 30.5 Å². The van der Waals surface area contributed by atoms with Gasteiger partial charge >= 0.3 is 0 Å². The third-order valence-electron chi connectivity index (χ3n) is 5.29. The van der Waals surface area contributed by atoms with Gasteiger partial charge in [0.15, 0.2) is 12.5 Å². The third-order valence-corrected chi connectivity index (χ3v) is 5.29. The summed E-state index contributed by atoms with van der Waals surface area (Å²) in [4.78, 5) is 32.8.